The fraction of sp³-hybridized carbons (Fsp3) is 0.429. The molecule has 0 aliphatic heterocycles. The molecule has 1 aromatic carbocycles. The van der Waals surface area contributed by atoms with Crippen molar-refractivity contribution in [2.45, 2.75) is 32.7 Å². The zero-order valence-electron chi connectivity index (χ0n) is 9.79. The highest BCUT2D eigenvalue weighted by molar-refractivity contribution is 5.19. The average Bonchev–Trinajstić information content (AvgIpc) is 2.31. The lowest BCUT2D eigenvalue weighted by atomic mass is 10.0. The molecule has 0 aromatic heterocycles. The Bertz CT molecular complexity index is 289. The van der Waals surface area contributed by atoms with E-state index in [2.05, 4.69) is 56.1 Å². The molecule has 82 valence electrons. The normalized spacial score (nSPS) is 12.4. The van der Waals surface area contributed by atoms with Gasteiger partial charge in [0.2, 0.25) is 0 Å². The van der Waals surface area contributed by atoms with E-state index in [1.807, 2.05) is 0 Å². The third-order valence-electron chi connectivity index (χ3n) is 2.71. The molecule has 0 radical (unpaired) electrons. The summed E-state index contributed by atoms with van der Waals surface area (Å²) in [5.41, 5.74) is 2.63. The Hall–Kier alpha value is -1.08. The largest absolute Gasteiger partial charge is 0.306 e. The van der Waals surface area contributed by atoms with Crippen LogP contribution in [0.15, 0.2) is 42.5 Å². The Balaban J connectivity index is 2.53. The Kier molecular flexibility index (Phi) is 5.13. The molecule has 0 saturated heterocycles. The minimum atomic E-state index is 0.453. The van der Waals surface area contributed by atoms with Gasteiger partial charge in [-0.05, 0) is 18.4 Å². The van der Waals surface area contributed by atoms with Crippen LogP contribution >= 0.6 is 0 Å². The molecule has 1 aromatic rings. The lowest BCUT2D eigenvalue weighted by Crippen LogP contribution is -2.22. The van der Waals surface area contributed by atoms with Crippen molar-refractivity contribution in [2.24, 2.45) is 0 Å². The van der Waals surface area contributed by atoms with E-state index in [4.69, 9.17) is 0 Å². The summed E-state index contributed by atoms with van der Waals surface area (Å²) >= 11 is 0. The summed E-state index contributed by atoms with van der Waals surface area (Å²) in [4.78, 5) is 0. The lowest BCUT2D eigenvalue weighted by Gasteiger charge is -2.17. The summed E-state index contributed by atoms with van der Waals surface area (Å²) in [5, 5.41) is 3.54. The van der Waals surface area contributed by atoms with E-state index >= 15 is 0 Å². The van der Waals surface area contributed by atoms with Gasteiger partial charge in [-0.25, -0.2) is 0 Å². The number of benzene rings is 1. The maximum atomic E-state index is 4.01. The number of rotatable bonds is 6. The molecule has 0 aliphatic rings. The van der Waals surface area contributed by atoms with Crippen LogP contribution in [0, 0.1) is 0 Å². The molecule has 0 fully saturated rings. The Morgan fingerprint density at radius 2 is 1.93 bits per heavy atom. The second kappa shape index (κ2) is 6.41. The smallest absolute Gasteiger partial charge is 0.0320 e. The van der Waals surface area contributed by atoms with E-state index in [0.29, 0.717) is 6.04 Å². The highest BCUT2D eigenvalue weighted by Gasteiger charge is 2.07. The Morgan fingerprint density at radius 3 is 2.47 bits per heavy atom. The third-order valence-corrected chi connectivity index (χ3v) is 2.71. The SMILES string of the molecule is C=C(CC)CNC(CC)c1ccccc1. The first-order chi connectivity index (χ1) is 7.27. The van der Waals surface area contributed by atoms with Crippen molar-refractivity contribution in [1.82, 2.24) is 5.32 Å². The van der Waals surface area contributed by atoms with Crippen molar-refractivity contribution in [2.75, 3.05) is 6.54 Å². The molecule has 0 amide bonds. The molecule has 0 heterocycles. The summed E-state index contributed by atoms with van der Waals surface area (Å²) in [6.45, 7) is 9.29. The Morgan fingerprint density at radius 1 is 1.27 bits per heavy atom. The molecule has 1 unspecified atom stereocenters. The van der Waals surface area contributed by atoms with Gasteiger partial charge in [0.05, 0.1) is 0 Å². The van der Waals surface area contributed by atoms with Gasteiger partial charge < -0.3 is 5.32 Å². The minimum absolute atomic E-state index is 0.453. The molecule has 1 nitrogen and oxygen atoms in total. The van der Waals surface area contributed by atoms with Crippen LogP contribution in [0.1, 0.15) is 38.3 Å². The van der Waals surface area contributed by atoms with Crippen LogP contribution in [-0.2, 0) is 0 Å². The molecule has 1 N–H and O–H groups in total. The van der Waals surface area contributed by atoms with E-state index in [0.717, 1.165) is 19.4 Å². The Labute approximate surface area is 93.2 Å². The second-order valence-corrected chi connectivity index (χ2v) is 3.86. The summed E-state index contributed by atoms with van der Waals surface area (Å²) in [5.74, 6) is 0. The van der Waals surface area contributed by atoms with Crippen LogP contribution in [0.5, 0.6) is 0 Å². The van der Waals surface area contributed by atoms with Crippen LogP contribution in [0.3, 0.4) is 0 Å². The van der Waals surface area contributed by atoms with Crippen LogP contribution in [0.2, 0.25) is 0 Å². The summed E-state index contributed by atoms with van der Waals surface area (Å²) in [7, 11) is 0. The van der Waals surface area contributed by atoms with Crippen molar-refractivity contribution < 1.29 is 0 Å². The maximum Gasteiger partial charge on any atom is 0.0320 e. The van der Waals surface area contributed by atoms with E-state index in [9.17, 15) is 0 Å². The monoisotopic (exact) mass is 203 g/mol. The number of hydrogen-bond donors (Lipinski definition) is 1. The van der Waals surface area contributed by atoms with Crippen molar-refractivity contribution in [3.8, 4) is 0 Å². The van der Waals surface area contributed by atoms with Crippen molar-refractivity contribution in [1.29, 1.82) is 0 Å². The molecule has 15 heavy (non-hydrogen) atoms. The summed E-state index contributed by atoms with van der Waals surface area (Å²) < 4.78 is 0. The predicted octanol–water partition coefficient (Wildman–Crippen LogP) is 3.69. The van der Waals surface area contributed by atoms with Gasteiger partial charge in [0, 0.05) is 12.6 Å². The van der Waals surface area contributed by atoms with Gasteiger partial charge in [-0.15, -0.1) is 0 Å². The van der Waals surface area contributed by atoms with Crippen molar-refractivity contribution >= 4 is 0 Å². The minimum Gasteiger partial charge on any atom is -0.306 e. The molecule has 1 atom stereocenters. The first kappa shape index (κ1) is 12.0. The highest BCUT2D eigenvalue weighted by Crippen LogP contribution is 2.16. The van der Waals surface area contributed by atoms with Gasteiger partial charge in [0.25, 0.3) is 0 Å². The van der Waals surface area contributed by atoms with Gasteiger partial charge in [-0.3, -0.25) is 0 Å². The first-order valence-corrected chi connectivity index (χ1v) is 5.72. The zero-order chi connectivity index (χ0) is 11.1. The van der Waals surface area contributed by atoms with E-state index in [1.165, 1.54) is 11.1 Å². The molecule has 1 rings (SSSR count). The van der Waals surface area contributed by atoms with E-state index in [1.54, 1.807) is 0 Å². The fourth-order valence-corrected chi connectivity index (χ4v) is 1.58. The predicted molar refractivity (Wildman–Crippen MR) is 66.9 cm³/mol. The second-order valence-electron chi connectivity index (χ2n) is 3.86. The van der Waals surface area contributed by atoms with Gasteiger partial charge in [0.15, 0.2) is 0 Å². The van der Waals surface area contributed by atoms with Gasteiger partial charge >= 0.3 is 0 Å². The van der Waals surface area contributed by atoms with Crippen LogP contribution in [0.25, 0.3) is 0 Å². The molecular formula is C14H21N. The van der Waals surface area contributed by atoms with Crippen molar-refractivity contribution in [3.05, 3.63) is 48.0 Å². The molecular weight excluding hydrogens is 182 g/mol. The number of hydrogen-bond acceptors (Lipinski definition) is 1. The molecule has 0 saturated carbocycles. The highest BCUT2D eigenvalue weighted by atomic mass is 14.9. The average molecular weight is 203 g/mol. The quantitative estimate of drug-likeness (QED) is 0.695. The summed E-state index contributed by atoms with van der Waals surface area (Å²) in [6.07, 6.45) is 2.17. The molecule has 0 aliphatic carbocycles. The van der Waals surface area contributed by atoms with Crippen LogP contribution in [0.4, 0.5) is 0 Å². The standard InChI is InChI=1S/C14H21N/c1-4-12(3)11-15-14(5-2)13-9-7-6-8-10-13/h6-10,14-15H,3-5,11H2,1-2H3. The molecule has 0 spiro atoms. The number of nitrogens with one attached hydrogen (secondary N) is 1. The van der Waals surface area contributed by atoms with Crippen molar-refractivity contribution in [3.63, 3.8) is 0 Å². The summed E-state index contributed by atoms with van der Waals surface area (Å²) in [6, 6.07) is 11.0. The van der Waals surface area contributed by atoms with Crippen LogP contribution in [-0.4, -0.2) is 6.54 Å². The topological polar surface area (TPSA) is 12.0 Å². The van der Waals surface area contributed by atoms with Gasteiger partial charge in [-0.1, -0.05) is 56.3 Å². The molecule has 1 heteroatoms. The first-order valence-electron chi connectivity index (χ1n) is 5.72. The van der Waals surface area contributed by atoms with E-state index < -0.39 is 0 Å². The van der Waals surface area contributed by atoms with Gasteiger partial charge in [0.1, 0.15) is 0 Å². The van der Waals surface area contributed by atoms with Crippen LogP contribution < -0.4 is 5.32 Å². The maximum absolute atomic E-state index is 4.01. The lowest BCUT2D eigenvalue weighted by molar-refractivity contribution is 0.541. The molecule has 0 bridgehead atoms. The van der Waals surface area contributed by atoms with Gasteiger partial charge in [-0.2, -0.15) is 0 Å². The zero-order valence-corrected chi connectivity index (χ0v) is 9.79. The third kappa shape index (κ3) is 3.88. The van der Waals surface area contributed by atoms with E-state index in [-0.39, 0.29) is 0 Å². The fourth-order valence-electron chi connectivity index (χ4n) is 1.58.